The number of aliphatic imine (C=N–C) groups is 1. The fraction of sp³-hybridized carbons (Fsp3) is 0.500. The average molecular weight is 444 g/mol. The lowest BCUT2D eigenvalue weighted by Crippen LogP contribution is -2.45. The maximum absolute atomic E-state index is 13.2. The minimum absolute atomic E-state index is 0. The first-order chi connectivity index (χ1) is 11.2. The van der Waals surface area contributed by atoms with Gasteiger partial charge in [-0.15, -0.1) is 24.0 Å². The summed E-state index contributed by atoms with van der Waals surface area (Å²) in [5.74, 6) is 1.60. The third kappa shape index (κ3) is 4.40. The summed E-state index contributed by atoms with van der Waals surface area (Å²) in [5.41, 5.74) is 2.06. The summed E-state index contributed by atoms with van der Waals surface area (Å²) in [6, 6.07) is 4.90. The van der Waals surface area contributed by atoms with Crippen LogP contribution in [0.3, 0.4) is 0 Å². The van der Waals surface area contributed by atoms with Gasteiger partial charge < -0.3 is 15.2 Å². The largest absolute Gasteiger partial charge is 0.361 e. The lowest BCUT2D eigenvalue weighted by atomic mass is 9.99. The molecule has 4 nitrogen and oxygen atoms in total. The Morgan fingerprint density at radius 3 is 2.83 bits per heavy atom. The molecule has 1 aliphatic heterocycles. The molecule has 0 bridgehead atoms. The van der Waals surface area contributed by atoms with Crippen LogP contribution in [0.25, 0.3) is 10.9 Å². The van der Waals surface area contributed by atoms with Crippen LogP contribution in [-0.2, 0) is 6.42 Å². The van der Waals surface area contributed by atoms with E-state index in [1.165, 1.54) is 24.5 Å². The van der Waals surface area contributed by atoms with Gasteiger partial charge in [0.15, 0.2) is 5.96 Å². The highest BCUT2D eigenvalue weighted by Crippen LogP contribution is 2.19. The van der Waals surface area contributed by atoms with E-state index in [0.717, 1.165) is 48.8 Å². The number of aromatic amines is 1. The Morgan fingerprint density at radius 2 is 2.12 bits per heavy atom. The molecular formula is C18H26FIN4. The number of hydrogen-bond acceptors (Lipinski definition) is 1. The number of nitrogens with zero attached hydrogens (tertiary/aromatic N) is 2. The monoisotopic (exact) mass is 444 g/mol. The molecule has 0 saturated carbocycles. The Bertz CT molecular complexity index is 689. The number of benzene rings is 1. The van der Waals surface area contributed by atoms with Gasteiger partial charge in [0.25, 0.3) is 0 Å². The molecule has 0 amide bonds. The van der Waals surface area contributed by atoms with Crippen LogP contribution in [0.4, 0.5) is 4.39 Å². The van der Waals surface area contributed by atoms with E-state index in [-0.39, 0.29) is 29.8 Å². The third-order valence-corrected chi connectivity index (χ3v) is 4.70. The molecule has 6 heteroatoms. The van der Waals surface area contributed by atoms with Gasteiger partial charge in [0, 0.05) is 43.8 Å². The molecule has 0 radical (unpaired) electrons. The molecule has 1 aromatic carbocycles. The molecule has 1 saturated heterocycles. The number of aromatic nitrogens is 1. The number of nitrogens with one attached hydrogen (secondary N) is 2. The minimum Gasteiger partial charge on any atom is -0.361 e. The Kier molecular flexibility index (Phi) is 6.89. The van der Waals surface area contributed by atoms with Crippen LogP contribution in [0.5, 0.6) is 0 Å². The van der Waals surface area contributed by atoms with Crippen LogP contribution in [0.1, 0.15) is 25.3 Å². The summed E-state index contributed by atoms with van der Waals surface area (Å²) in [6.07, 6.45) is 5.31. The SMILES string of the molecule is CN=C(NCCc1c[nH]c2cc(F)ccc12)N1CCC(C)CC1.I. The molecule has 0 aliphatic carbocycles. The van der Waals surface area contributed by atoms with Crippen LogP contribution in [0, 0.1) is 11.7 Å². The van der Waals surface area contributed by atoms with E-state index in [9.17, 15) is 4.39 Å². The van der Waals surface area contributed by atoms with Crippen molar-refractivity contribution in [2.45, 2.75) is 26.2 Å². The summed E-state index contributed by atoms with van der Waals surface area (Å²) >= 11 is 0. The van der Waals surface area contributed by atoms with Crippen LogP contribution in [0.2, 0.25) is 0 Å². The van der Waals surface area contributed by atoms with Crippen LogP contribution in [-0.4, -0.2) is 42.5 Å². The van der Waals surface area contributed by atoms with Gasteiger partial charge in [0.05, 0.1) is 0 Å². The van der Waals surface area contributed by atoms with Gasteiger partial charge in [-0.2, -0.15) is 0 Å². The third-order valence-electron chi connectivity index (χ3n) is 4.70. The highest BCUT2D eigenvalue weighted by molar-refractivity contribution is 14.0. The van der Waals surface area contributed by atoms with E-state index in [4.69, 9.17) is 0 Å². The highest BCUT2D eigenvalue weighted by atomic mass is 127. The highest BCUT2D eigenvalue weighted by Gasteiger charge is 2.18. The van der Waals surface area contributed by atoms with Gasteiger partial charge >= 0.3 is 0 Å². The molecule has 1 fully saturated rings. The first-order valence-electron chi connectivity index (χ1n) is 8.38. The van der Waals surface area contributed by atoms with E-state index in [2.05, 4.69) is 27.1 Å². The van der Waals surface area contributed by atoms with E-state index in [0.29, 0.717) is 0 Å². The fourth-order valence-corrected chi connectivity index (χ4v) is 3.23. The molecule has 132 valence electrons. The summed E-state index contributed by atoms with van der Waals surface area (Å²) in [5, 5.41) is 4.55. The number of fused-ring (bicyclic) bond motifs is 1. The summed E-state index contributed by atoms with van der Waals surface area (Å²) in [6.45, 7) is 5.29. The Morgan fingerprint density at radius 1 is 1.38 bits per heavy atom. The second-order valence-corrected chi connectivity index (χ2v) is 6.40. The van der Waals surface area contributed by atoms with E-state index < -0.39 is 0 Å². The number of guanidine groups is 1. The van der Waals surface area contributed by atoms with Crippen molar-refractivity contribution in [3.8, 4) is 0 Å². The van der Waals surface area contributed by atoms with Crippen molar-refractivity contribution in [3.63, 3.8) is 0 Å². The summed E-state index contributed by atoms with van der Waals surface area (Å²) < 4.78 is 13.2. The van der Waals surface area contributed by atoms with E-state index >= 15 is 0 Å². The van der Waals surface area contributed by atoms with Crippen LogP contribution >= 0.6 is 24.0 Å². The number of piperidine rings is 1. The Balaban J connectivity index is 0.00000208. The zero-order chi connectivity index (χ0) is 16.2. The number of hydrogen-bond donors (Lipinski definition) is 2. The molecular weight excluding hydrogens is 418 g/mol. The van der Waals surface area contributed by atoms with Gasteiger partial charge in [0.2, 0.25) is 0 Å². The zero-order valence-corrected chi connectivity index (χ0v) is 16.6. The first-order valence-corrected chi connectivity index (χ1v) is 8.38. The number of halogens is 2. The molecule has 0 unspecified atom stereocenters. The fourth-order valence-electron chi connectivity index (χ4n) is 3.23. The second kappa shape index (κ2) is 8.69. The predicted molar refractivity (Wildman–Crippen MR) is 109 cm³/mol. The summed E-state index contributed by atoms with van der Waals surface area (Å²) in [7, 11) is 1.84. The molecule has 1 aliphatic rings. The molecule has 2 heterocycles. The quantitative estimate of drug-likeness (QED) is 0.430. The smallest absolute Gasteiger partial charge is 0.193 e. The van der Waals surface area contributed by atoms with Crippen molar-refractivity contribution in [2.24, 2.45) is 10.9 Å². The van der Waals surface area contributed by atoms with Crippen LogP contribution < -0.4 is 5.32 Å². The number of likely N-dealkylation sites (tertiary alicyclic amines) is 1. The van der Waals surface area contributed by atoms with E-state index in [1.54, 1.807) is 6.07 Å². The Labute approximate surface area is 159 Å². The van der Waals surface area contributed by atoms with Crippen molar-refractivity contribution >= 4 is 40.8 Å². The van der Waals surface area contributed by atoms with Gasteiger partial charge in [-0.3, -0.25) is 4.99 Å². The van der Waals surface area contributed by atoms with Crippen LogP contribution in [0.15, 0.2) is 29.4 Å². The van der Waals surface area contributed by atoms with Crippen molar-refractivity contribution in [2.75, 3.05) is 26.7 Å². The normalized spacial score (nSPS) is 16.3. The zero-order valence-electron chi connectivity index (χ0n) is 14.3. The molecule has 1 aromatic heterocycles. The van der Waals surface area contributed by atoms with Gasteiger partial charge in [-0.05, 0) is 48.9 Å². The summed E-state index contributed by atoms with van der Waals surface area (Å²) in [4.78, 5) is 9.88. The van der Waals surface area contributed by atoms with Gasteiger partial charge in [-0.25, -0.2) is 4.39 Å². The standard InChI is InChI=1S/C18H25FN4.HI/c1-13-6-9-23(10-7-13)18(20-2)21-8-5-14-12-22-17-11-15(19)3-4-16(14)17;/h3-4,11-13,22H,5-10H2,1-2H3,(H,20,21);1H. The molecule has 2 N–H and O–H groups in total. The molecule has 3 rings (SSSR count). The number of rotatable bonds is 3. The Hall–Kier alpha value is -1.31. The molecule has 24 heavy (non-hydrogen) atoms. The number of H-pyrrole nitrogens is 1. The van der Waals surface area contributed by atoms with Crippen molar-refractivity contribution < 1.29 is 4.39 Å². The topological polar surface area (TPSA) is 43.4 Å². The van der Waals surface area contributed by atoms with Gasteiger partial charge in [-0.1, -0.05) is 6.92 Å². The van der Waals surface area contributed by atoms with Crippen molar-refractivity contribution in [1.82, 2.24) is 15.2 Å². The van der Waals surface area contributed by atoms with Crippen molar-refractivity contribution in [1.29, 1.82) is 0 Å². The molecule has 0 atom stereocenters. The molecule has 0 spiro atoms. The second-order valence-electron chi connectivity index (χ2n) is 6.40. The van der Waals surface area contributed by atoms with Crippen molar-refractivity contribution in [3.05, 3.63) is 35.8 Å². The minimum atomic E-state index is -0.205. The maximum Gasteiger partial charge on any atom is 0.193 e. The lowest BCUT2D eigenvalue weighted by Gasteiger charge is -2.32. The predicted octanol–water partition coefficient (Wildman–Crippen LogP) is 3.77. The first kappa shape index (κ1) is 19.0. The maximum atomic E-state index is 13.2. The molecule has 2 aromatic rings. The van der Waals surface area contributed by atoms with E-state index in [1.807, 2.05) is 19.3 Å². The van der Waals surface area contributed by atoms with Gasteiger partial charge in [0.1, 0.15) is 5.82 Å². The lowest BCUT2D eigenvalue weighted by molar-refractivity contribution is 0.273. The average Bonchev–Trinajstić information content (AvgIpc) is 2.95.